The summed E-state index contributed by atoms with van der Waals surface area (Å²) < 4.78 is 14.1. The minimum atomic E-state index is -0.217. The third-order valence-electron chi connectivity index (χ3n) is 10.2. The predicted molar refractivity (Wildman–Crippen MR) is 190 cm³/mol. The fourth-order valence-electron chi connectivity index (χ4n) is 7.80. The lowest BCUT2D eigenvalue weighted by molar-refractivity contribution is 0.0550. The molecule has 1 N–H and O–H groups in total. The van der Waals surface area contributed by atoms with E-state index in [0.717, 1.165) is 36.7 Å². The fourth-order valence-corrected chi connectivity index (χ4v) is 7.80. The van der Waals surface area contributed by atoms with Crippen molar-refractivity contribution in [3.05, 3.63) is 120 Å². The highest BCUT2D eigenvalue weighted by molar-refractivity contribution is 5.91. The molecule has 2 saturated heterocycles. The van der Waals surface area contributed by atoms with E-state index in [1.54, 1.807) is 0 Å². The summed E-state index contributed by atoms with van der Waals surface area (Å²) in [5.41, 5.74) is 2.36. The molecular weight excluding hydrogens is 580 g/mol. The first-order valence-corrected chi connectivity index (χ1v) is 17.2. The van der Waals surface area contributed by atoms with E-state index in [-0.39, 0.29) is 24.3 Å². The number of hydrogen-bond acceptors (Lipinski definition) is 6. The van der Waals surface area contributed by atoms with Gasteiger partial charge in [0.05, 0.1) is 16.8 Å². The van der Waals surface area contributed by atoms with Crippen LogP contribution in [0.3, 0.4) is 0 Å². The molecule has 1 aromatic heterocycles. The number of aromatic nitrogens is 2. The van der Waals surface area contributed by atoms with Gasteiger partial charge in [0.1, 0.15) is 12.2 Å². The number of likely N-dealkylation sites (N-methyl/N-ethyl adjacent to an activating group) is 1. The molecule has 2 fully saturated rings. The van der Waals surface area contributed by atoms with Crippen molar-refractivity contribution in [1.29, 1.82) is 0 Å². The lowest BCUT2D eigenvalue weighted by Gasteiger charge is -2.38. The molecule has 3 unspecified atom stereocenters. The Labute approximate surface area is 276 Å². The zero-order valence-corrected chi connectivity index (χ0v) is 27.0. The van der Waals surface area contributed by atoms with E-state index in [1.807, 2.05) is 12.1 Å². The van der Waals surface area contributed by atoms with Crippen LogP contribution in [-0.2, 0) is 0 Å². The molecule has 0 bridgehead atoms. The van der Waals surface area contributed by atoms with Gasteiger partial charge in [0, 0.05) is 17.2 Å². The molecule has 2 aliphatic heterocycles. The Hall–Kier alpha value is -4.52. The highest BCUT2D eigenvalue weighted by atomic mass is 16.5. The van der Waals surface area contributed by atoms with Gasteiger partial charge in [-0.3, -0.25) is 4.90 Å². The second kappa shape index (κ2) is 13.3. The van der Waals surface area contributed by atoms with Crippen LogP contribution in [0.2, 0.25) is 0 Å². The van der Waals surface area contributed by atoms with Gasteiger partial charge in [-0.05, 0) is 79.5 Å². The lowest BCUT2D eigenvalue weighted by Crippen LogP contribution is -2.42. The van der Waals surface area contributed by atoms with E-state index >= 15 is 0 Å². The van der Waals surface area contributed by atoms with Crippen LogP contribution >= 0.6 is 0 Å². The summed E-state index contributed by atoms with van der Waals surface area (Å²) in [7, 11) is 2.22. The number of likely N-dealkylation sites (tertiary alicyclic amines) is 1. The minimum absolute atomic E-state index is 0.170. The van der Waals surface area contributed by atoms with Crippen molar-refractivity contribution >= 4 is 32.3 Å². The topological polar surface area (TPSA) is 59.5 Å². The molecule has 6 nitrogen and oxygen atoms in total. The van der Waals surface area contributed by atoms with Crippen molar-refractivity contribution in [2.45, 2.75) is 62.8 Å². The summed E-state index contributed by atoms with van der Waals surface area (Å²) in [6, 6.07) is 38.8. The summed E-state index contributed by atoms with van der Waals surface area (Å²) in [4.78, 5) is 2.45. The smallest absolute Gasteiger partial charge is 0.242 e. The Morgan fingerprint density at radius 2 is 1.13 bits per heavy atom. The summed E-state index contributed by atoms with van der Waals surface area (Å²) in [5, 5.41) is 20.0. The van der Waals surface area contributed by atoms with Gasteiger partial charge >= 0.3 is 0 Å². The zero-order valence-electron chi connectivity index (χ0n) is 27.0. The second-order valence-electron chi connectivity index (χ2n) is 13.2. The number of ether oxygens (including phenoxy) is 2. The minimum Gasteiger partial charge on any atom is -0.466 e. The van der Waals surface area contributed by atoms with Gasteiger partial charge in [0.25, 0.3) is 0 Å². The van der Waals surface area contributed by atoms with E-state index in [2.05, 4.69) is 114 Å². The van der Waals surface area contributed by atoms with E-state index in [4.69, 9.17) is 19.7 Å². The first-order chi connectivity index (χ1) is 23.2. The van der Waals surface area contributed by atoms with E-state index in [1.165, 1.54) is 58.4 Å². The van der Waals surface area contributed by atoms with Crippen LogP contribution in [0.25, 0.3) is 32.3 Å². The molecule has 0 spiro atoms. The number of fused-ring (bicyclic) bond motifs is 3. The van der Waals surface area contributed by atoms with Gasteiger partial charge in [-0.1, -0.05) is 110 Å². The maximum absolute atomic E-state index is 7.07. The molecule has 4 atom stereocenters. The third kappa shape index (κ3) is 5.92. The average Bonchev–Trinajstić information content (AvgIpc) is 3.14. The standard InChI is InChI=1S/C41H42N4O2/c1-45-27-11-9-25-37(45)39(33-23-13-17-29-15-3-5-19-31(29)33)47-41-35-21-7-6-20-34(35)40(43-44-41)46-38(36-24-8-10-26-42-36)32-22-12-16-28-14-2-4-18-30(28)32/h2-7,12-23,36-39,42H,8-11,24-27H2,1H3/t36?,37?,38-,39?/m1/s1. The number of nitrogens with one attached hydrogen (secondary N) is 1. The van der Waals surface area contributed by atoms with Gasteiger partial charge in [-0.25, -0.2) is 0 Å². The second-order valence-corrected chi connectivity index (χ2v) is 13.2. The van der Waals surface area contributed by atoms with Crippen LogP contribution in [0.15, 0.2) is 109 Å². The van der Waals surface area contributed by atoms with E-state index in [9.17, 15) is 0 Å². The van der Waals surface area contributed by atoms with Crippen LogP contribution in [0.4, 0.5) is 0 Å². The first kappa shape index (κ1) is 29.9. The maximum Gasteiger partial charge on any atom is 0.242 e. The molecule has 5 aromatic carbocycles. The monoisotopic (exact) mass is 622 g/mol. The molecule has 3 heterocycles. The molecule has 8 rings (SSSR count). The number of rotatable bonds is 8. The van der Waals surface area contributed by atoms with E-state index < -0.39 is 0 Å². The Balaban J connectivity index is 1.20. The van der Waals surface area contributed by atoms with Crippen LogP contribution in [-0.4, -0.2) is 47.3 Å². The number of benzene rings is 5. The quantitative estimate of drug-likeness (QED) is 0.183. The van der Waals surface area contributed by atoms with Crippen molar-refractivity contribution in [2.75, 3.05) is 20.1 Å². The van der Waals surface area contributed by atoms with Crippen molar-refractivity contribution in [2.24, 2.45) is 0 Å². The average molecular weight is 623 g/mol. The maximum atomic E-state index is 7.07. The molecular formula is C41H42N4O2. The molecule has 6 heteroatoms. The van der Waals surface area contributed by atoms with E-state index in [0.29, 0.717) is 11.8 Å². The number of nitrogens with zero attached hydrogens (tertiary/aromatic N) is 3. The Morgan fingerprint density at radius 3 is 1.72 bits per heavy atom. The number of hydrogen-bond donors (Lipinski definition) is 1. The van der Waals surface area contributed by atoms with Crippen molar-refractivity contribution in [3.8, 4) is 11.8 Å². The highest BCUT2D eigenvalue weighted by Crippen LogP contribution is 2.40. The number of piperidine rings is 2. The molecule has 0 amide bonds. The summed E-state index contributed by atoms with van der Waals surface area (Å²) in [6.45, 7) is 2.04. The molecule has 0 saturated carbocycles. The highest BCUT2D eigenvalue weighted by Gasteiger charge is 2.34. The molecule has 6 aromatic rings. The largest absolute Gasteiger partial charge is 0.466 e. The van der Waals surface area contributed by atoms with Crippen molar-refractivity contribution < 1.29 is 9.47 Å². The van der Waals surface area contributed by atoms with Gasteiger partial charge in [-0.15, -0.1) is 10.2 Å². The fraction of sp³-hybridized carbons (Fsp3) is 0.317. The van der Waals surface area contributed by atoms with Gasteiger partial charge in [0.2, 0.25) is 11.8 Å². The molecule has 2 aliphatic rings. The van der Waals surface area contributed by atoms with Gasteiger partial charge < -0.3 is 14.8 Å². The van der Waals surface area contributed by atoms with Crippen LogP contribution in [0, 0.1) is 0 Å². The van der Waals surface area contributed by atoms with Crippen molar-refractivity contribution in [3.63, 3.8) is 0 Å². The zero-order chi connectivity index (χ0) is 31.6. The summed E-state index contributed by atoms with van der Waals surface area (Å²) >= 11 is 0. The molecule has 0 radical (unpaired) electrons. The third-order valence-corrected chi connectivity index (χ3v) is 10.2. The molecule has 238 valence electrons. The van der Waals surface area contributed by atoms with Gasteiger partial charge in [0.15, 0.2) is 0 Å². The van der Waals surface area contributed by atoms with Gasteiger partial charge in [-0.2, -0.15) is 0 Å². The molecule has 47 heavy (non-hydrogen) atoms. The van der Waals surface area contributed by atoms with Crippen LogP contribution in [0.1, 0.15) is 61.9 Å². The predicted octanol–water partition coefficient (Wildman–Crippen LogP) is 8.80. The lowest BCUT2D eigenvalue weighted by atomic mass is 9.90. The Morgan fingerprint density at radius 1 is 0.596 bits per heavy atom. The summed E-state index contributed by atoms with van der Waals surface area (Å²) in [6.07, 6.45) is 6.44. The van der Waals surface area contributed by atoms with Crippen molar-refractivity contribution in [1.82, 2.24) is 20.4 Å². The summed E-state index contributed by atoms with van der Waals surface area (Å²) in [5.74, 6) is 1.08. The Bertz CT molecular complexity index is 1990. The first-order valence-electron chi connectivity index (χ1n) is 17.2. The normalized spacial score (nSPS) is 20.3. The van der Waals surface area contributed by atoms with Crippen LogP contribution < -0.4 is 14.8 Å². The van der Waals surface area contributed by atoms with Crippen LogP contribution in [0.5, 0.6) is 11.8 Å². The Kier molecular flexibility index (Phi) is 8.45. The SMILES string of the molecule is CN1CCCCC1C(Oc1nnc(O[C@H](c2cccc3ccccc23)C2CCCCN2)c2ccccc12)c1cccc2ccccc12. The molecule has 0 aliphatic carbocycles.